The standard InChI is InChI=1S/C20H27ClN6O2/c1-15-24-18(29-25-15)7-4-8-23-20(22-2)27-11-9-26(10-12-27)19(28)14-16-5-3-6-17(21)13-16/h3,5-6,13H,4,7-12,14H2,1-2H3,(H,22,23). The Morgan fingerprint density at radius 3 is 2.69 bits per heavy atom. The number of carbonyl (C=O) groups excluding carboxylic acids is 1. The van der Waals surface area contributed by atoms with Gasteiger partial charge < -0.3 is 19.6 Å². The first-order chi connectivity index (χ1) is 14.0. The molecule has 0 aliphatic carbocycles. The van der Waals surface area contributed by atoms with Gasteiger partial charge in [0.15, 0.2) is 11.8 Å². The molecule has 0 radical (unpaired) electrons. The van der Waals surface area contributed by atoms with Crippen LogP contribution in [0.15, 0.2) is 33.8 Å². The molecular formula is C20H27ClN6O2. The molecule has 29 heavy (non-hydrogen) atoms. The number of hydrogen-bond donors (Lipinski definition) is 1. The highest BCUT2D eigenvalue weighted by molar-refractivity contribution is 6.30. The van der Waals surface area contributed by atoms with E-state index in [-0.39, 0.29) is 5.91 Å². The lowest BCUT2D eigenvalue weighted by atomic mass is 10.1. The summed E-state index contributed by atoms with van der Waals surface area (Å²) in [5.74, 6) is 2.30. The van der Waals surface area contributed by atoms with Crippen LogP contribution in [0.25, 0.3) is 0 Å². The van der Waals surface area contributed by atoms with Gasteiger partial charge in [-0.15, -0.1) is 0 Å². The van der Waals surface area contributed by atoms with E-state index in [4.69, 9.17) is 16.1 Å². The maximum atomic E-state index is 12.6. The lowest BCUT2D eigenvalue weighted by molar-refractivity contribution is -0.131. The van der Waals surface area contributed by atoms with Crippen molar-refractivity contribution < 1.29 is 9.32 Å². The molecule has 0 bridgehead atoms. The number of aliphatic imine (C=N–C) groups is 1. The van der Waals surface area contributed by atoms with Crippen LogP contribution in [0.2, 0.25) is 5.02 Å². The van der Waals surface area contributed by atoms with Gasteiger partial charge in [-0.1, -0.05) is 28.9 Å². The fraction of sp³-hybridized carbons (Fsp3) is 0.500. The molecule has 1 fully saturated rings. The number of amides is 1. The number of nitrogens with one attached hydrogen (secondary N) is 1. The zero-order valence-electron chi connectivity index (χ0n) is 16.9. The maximum Gasteiger partial charge on any atom is 0.227 e. The van der Waals surface area contributed by atoms with Crippen LogP contribution in [-0.4, -0.2) is 71.6 Å². The number of hydrogen-bond acceptors (Lipinski definition) is 5. The van der Waals surface area contributed by atoms with Crippen LogP contribution in [0.4, 0.5) is 0 Å². The molecule has 2 heterocycles. The lowest BCUT2D eigenvalue weighted by Gasteiger charge is -2.36. The molecule has 1 N–H and O–H groups in total. The van der Waals surface area contributed by atoms with Gasteiger partial charge in [-0.3, -0.25) is 9.79 Å². The first kappa shape index (κ1) is 21.1. The monoisotopic (exact) mass is 418 g/mol. The number of aryl methyl sites for hydroxylation is 2. The molecule has 1 amide bonds. The van der Waals surface area contributed by atoms with Gasteiger partial charge in [-0.2, -0.15) is 4.98 Å². The fourth-order valence-electron chi connectivity index (χ4n) is 3.31. The highest BCUT2D eigenvalue weighted by Gasteiger charge is 2.23. The second kappa shape index (κ2) is 10.2. The third-order valence-electron chi connectivity index (χ3n) is 4.81. The van der Waals surface area contributed by atoms with Gasteiger partial charge in [0.05, 0.1) is 6.42 Å². The quantitative estimate of drug-likeness (QED) is 0.438. The molecule has 0 saturated carbocycles. The van der Waals surface area contributed by atoms with Crippen molar-refractivity contribution >= 4 is 23.5 Å². The molecule has 1 saturated heterocycles. The summed E-state index contributed by atoms with van der Waals surface area (Å²) in [5.41, 5.74) is 0.943. The van der Waals surface area contributed by atoms with Crippen LogP contribution in [0.3, 0.4) is 0 Å². The molecule has 9 heteroatoms. The Bertz CT molecular complexity index is 845. The summed E-state index contributed by atoms with van der Waals surface area (Å²) in [6.07, 6.45) is 1.98. The Balaban J connectivity index is 1.40. The Morgan fingerprint density at radius 2 is 2.03 bits per heavy atom. The summed E-state index contributed by atoms with van der Waals surface area (Å²) < 4.78 is 5.12. The van der Waals surface area contributed by atoms with Crippen LogP contribution in [0.1, 0.15) is 23.7 Å². The topological polar surface area (TPSA) is 86.9 Å². The minimum absolute atomic E-state index is 0.129. The SMILES string of the molecule is CN=C(NCCCc1nc(C)no1)N1CCN(C(=O)Cc2cccc(Cl)c2)CC1. The summed E-state index contributed by atoms with van der Waals surface area (Å²) in [6.45, 7) is 5.45. The zero-order chi connectivity index (χ0) is 20.6. The van der Waals surface area contributed by atoms with E-state index in [2.05, 4.69) is 25.3 Å². The van der Waals surface area contributed by atoms with E-state index >= 15 is 0 Å². The van der Waals surface area contributed by atoms with Crippen molar-refractivity contribution in [2.45, 2.75) is 26.2 Å². The van der Waals surface area contributed by atoms with Crippen molar-refractivity contribution in [3.8, 4) is 0 Å². The van der Waals surface area contributed by atoms with Gasteiger partial charge in [0, 0.05) is 51.2 Å². The van der Waals surface area contributed by atoms with E-state index in [0.29, 0.717) is 36.2 Å². The third kappa shape index (κ3) is 6.19. The van der Waals surface area contributed by atoms with Crippen LogP contribution in [0, 0.1) is 6.92 Å². The molecule has 0 spiro atoms. The van der Waals surface area contributed by atoms with Crippen LogP contribution >= 0.6 is 11.6 Å². The predicted molar refractivity (Wildman–Crippen MR) is 112 cm³/mol. The number of carbonyl (C=O) groups is 1. The molecule has 1 aromatic carbocycles. The molecule has 3 rings (SSSR count). The Kier molecular flexibility index (Phi) is 7.46. The third-order valence-corrected chi connectivity index (χ3v) is 5.04. The van der Waals surface area contributed by atoms with E-state index in [9.17, 15) is 4.79 Å². The Labute approximate surface area is 175 Å². The number of piperazine rings is 1. The lowest BCUT2D eigenvalue weighted by Crippen LogP contribution is -2.54. The van der Waals surface area contributed by atoms with E-state index in [1.54, 1.807) is 7.05 Å². The molecule has 8 nitrogen and oxygen atoms in total. The van der Waals surface area contributed by atoms with Crippen molar-refractivity contribution in [3.05, 3.63) is 46.6 Å². The van der Waals surface area contributed by atoms with Crippen LogP contribution < -0.4 is 5.32 Å². The second-order valence-electron chi connectivity index (χ2n) is 6.99. The molecule has 156 valence electrons. The Morgan fingerprint density at radius 1 is 1.28 bits per heavy atom. The minimum atomic E-state index is 0.129. The normalized spacial score (nSPS) is 14.9. The number of nitrogens with zero attached hydrogens (tertiary/aromatic N) is 5. The fourth-order valence-corrected chi connectivity index (χ4v) is 3.53. The molecular weight excluding hydrogens is 392 g/mol. The first-order valence-electron chi connectivity index (χ1n) is 9.82. The van der Waals surface area contributed by atoms with E-state index < -0.39 is 0 Å². The summed E-state index contributed by atoms with van der Waals surface area (Å²) in [7, 11) is 1.78. The summed E-state index contributed by atoms with van der Waals surface area (Å²) >= 11 is 6.01. The molecule has 2 aromatic rings. The molecule has 0 unspecified atom stereocenters. The van der Waals surface area contributed by atoms with Crippen molar-refractivity contribution in [1.82, 2.24) is 25.3 Å². The number of guanidine groups is 1. The molecule has 1 aliphatic rings. The zero-order valence-corrected chi connectivity index (χ0v) is 17.7. The van der Waals surface area contributed by atoms with Crippen molar-refractivity contribution in [2.75, 3.05) is 39.8 Å². The van der Waals surface area contributed by atoms with Crippen molar-refractivity contribution in [2.24, 2.45) is 4.99 Å². The number of benzene rings is 1. The summed E-state index contributed by atoms with van der Waals surface area (Å²) in [6, 6.07) is 7.46. The van der Waals surface area contributed by atoms with Gasteiger partial charge in [-0.25, -0.2) is 0 Å². The predicted octanol–water partition coefficient (Wildman–Crippen LogP) is 1.93. The largest absolute Gasteiger partial charge is 0.356 e. The van der Waals surface area contributed by atoms with Crippen molar-refractivity contribution in [3.63, 3.8) is 0 Å². The number of aromatic nitrogens is 2. The second-order valence-corrected chi connectivity index (χ2v) is 7.42. The highest BCUT2D eigenvalue weighted by atomic mass is 35.5. The van der Waals surface area contributed by atoms with E-state index in [1.165, 1.54) is 0 Å². The molecule has 1 aliphatic heterocycles. The summed E-state index contributed by atoms with van der Waals surface area (Å²) in [5, 5.41) is 7.83. The number of rotatable bonds is 6. The maximum absolute atomic E-state index is 12.6. The first-order valence-corrected chi connectivity index (χ1v) is 10.2. The van der Waals surface area contributed by atoms with E-state index in [1.807, 2.05) is 36.1 Å². The van der Waals surface area contributed by atoms with Crippen LogP contribution in [0.5, 0.6) is 0 Å². The summed E-state index contributed by atoms with van der Waals surface area (Å²) in [4.78, 5) is 25.2. The average molecular weight is 419 g/mol. The molecule has 1 aromatic heterocycles. The Hall–Kier alpha value is -2.61. The van der Waals surface area contributed by atoms with E-state index in [0.717, 1.165) is 44.0 Å². The van der Waals surface area contributed by atoms with Gasteiger partial charge in [-0.05, 0) is 31.0 Å². The van der Waals surface area contributed by atoms with Gasteiger partial charge in [0.2, 0.25) is 11.8 Å². The minimum Gasteiger partial charge on any atom is -0.356 e. The molecule has 0 atom stereocenters. The van der Waals surface area contributed by atoms with Gasteiger partial charge >= 0.3 is 0 Å². The number of halogens is 1. The highest BCUT2D eigenvalue weighted by Crippen LogP contribution is 2.13. The smallest absolute Gasteiger partial charge is 0.227 e. The average Bonchev–Trinajstić information content (AvgIpc) is 3.13. The van der Waals surface area contributed by atoms with Crippen LogP contribution in [-0.2, 0) is 17.6 Å². The van der Waals surface area contributed by atoms with Gasteiger partial charge in [0.25, 0.3) is 0 Å². The van der Waals surface area contributed by atoms with Gasteiger partial charge in [0.1, 0.15) is 0 Å². The van der Waals surface area contributed by atoms with Crippen molar-refractivity contribution in [1.29, 1.82) is 0 Å².